The lowest BCUT2D eigenvalue weighted by Crippen LogP contribution is -2.46. The van der Waals surface area contributed by atoms with E-state index in [9.17, 15) is 9.59 Å². The van der Waals surface area contributed by atoms with Gasteiger partial charge >= 0.3 is 5.56 Å². The van der Waals surface area contributed by atoms with E-state index in [4.69, 9.17) is 4.74 Å². The van der Waals surface area contributed by atoms with Crippen LogP contribution in [0, 0.1) is 0 Å². The van der Waals surface area contributed by atoms with Crippen molar-refractivity contribution in [3.05, 3.63) is 46.5 Å². The quantitative estimate of drug-likeness (QED) is 0.700. The molecular formula is C20H20N6O3. The highest BCUT2D eigenvalue weighted by atomic mass is 16.5. The molecule has 0 saturated carbocycles. The van der Waals surface area contributed by atoms with E-state index in [1.165, 1.54) is 18.0 Å². The predicted molar refractivity (Wildman–Crippen MR) is 107 cm³/mol. The Balaban J connectivity index is 1.52. The van der Waals surface area contributed by atoms with Gasteiger partial charge in [-0.25, -0.2) is 15.0 Å². The number of nitrogens with one attached hydrogen (secondary N) is 1. The lowest BCUT2D eigenvalue weighted by Gasteiger charge is -2.38. The van der Waals surface area contributed by atoms with Crippen molar-refractivity contribution in [2.24, 2.45) is 7.05 Å². The first-order valence-corrected chi connectivity index (χ1v) is 9.47. The van der Waals surface area contributed by atoms with Crippen LogP contribution in [0.3, 0.4) is 0 Å². The molecule has 1 spiro atoms. The summed E-state index contributed by atoms with van der Waals surface area (Å²) >= 11 is 0. The highest BCUT2D eigenvalue weighted by Gasteiger charge is 2.48. The number of aryl methyl sites for hydroxylation is 1. The van der Waals surface area contributed by atoms with Crippen LogP contribution in [0.4, 0.5) is 11.5 Å². The lowest BCUT2D eigenvalue weighted by atomic mass is 9.73. The highest BCUT2D eigenvalue weighted by molar-refractivity contribution is 6.06. The third-order valence-electron chi connectivity index (χ3n) is 6.04. The first-order chi connectivity index (χ1) is 14.0. The second kappa shape index (κ2) is 6.26. The first kappa shape index (κ1) is 17.6. The minimum atomic E-state index is -0.506. The molecule has 0 unspecified atom stereocenters. The van der Waals surface area contributed by atoms with E-state index in [0.29, 0.717) is 42.9 Å². The van der Waals surface area contributed by atoms with Gasteiger partial charge in [0.1, 0.15) is 6.33 Å². The number of benzene rings is 1. The van der Waals surface area contributed by atoms with Crippen LogP contribution in [-0.2, 0) is 17.3 Å². The van der Waals surface area contributed by atoms with Gasteiger partial charge in [0, 0.05) is 25.8 Å². The van der Waals surface area contributed by atoms with E-state index in [1.807, 2.05) is 24.3 Å². The molecule has 1 aromatic carbocycles. The lowest BCUT2D eigenvalue weighted by molar-refractivity contribution is -0.121. The smallest absolute Gasteiger partial charge is 0.314 e. The zero-order chi connectivity index (χ0) is 20.2. The maximum absolute atomic E-state index is 12.8. The maximum Gasteiger partial charge on any atom is 0.314 e. The van der Waals surface area contributed by atoms with E-state index in [0.717, 1.165) is 11.3 Å². The molecule has 0 aliphatic carbocycles. The summed E-state index contributed by atoms with van der Waals surface area (Å²) in [5, 5.41) is 3.02. The summed E-state index contributed by atoms with van der Waals surface area (Å²) in [6.07, 6.45) is 2.78. The van der Waals surface area contributed by atoms with Crippen LogP contribution in [0.2, 0.25) is 0 Å². The van der Waals surface area contributed by atoms with Crippen LogP contribution < -0.4 is 20.5 Å². The SMILES string of the molecule is COc1nc2c(N3CCC4(CC3)C(=O)Nc3ccccc34)ncnc2n(C)c1=O. The highest BCUT2D eigenvalue weighted by Crippen LogP contribution is 2.45. The third-order valence-corrected chi connectivity index (χ3v) is 6.04. The Bertz CT molecular complexity index is 1200. The molecule has 3 aromatic rings. The van der Waals surface area contributed by atoms with Gasteiger partial charge in [-0.1, -0.05) is 18.2 Å². The largest absolute Gasteiger partial charge is 0.477 e. The normalized spacial score (nSPS) is 17.4. The summed E-state index contributed by atoms with van der Waals surface area (Å²) in [5.74, 6) is 0.715. The average Bonchev–Trinajstić information content (AvgIpc) is 3.02. The summed E-state index contributed by atoms with van der Waals surface area (Å²) in [7, 11) is 3.05. The summed E-state index contributed by atoms with van der Waals surface area (Å²) < 4.78 is 6.55. The van der Waals surface area contributed by atoms with Gasteiger partial charge in [-0.3, -0.25) is 14.2 Å². The third kappa shape index (κ3) is 2.43. The van der Waals surface area contributed by atoms with Crippen molar-refractivity contribution in [1.29, 1.82) is 0 Å². The Morgan fingerprint density at radius 2 is 1.90 bits per heavy atom. The summed E-state index contributed by atoms with van der Waals surface area (Å²) in [4.78, 5) is 40.2. The van der Waals surface area contributed by atoms with E-state index < -0.39 is 5.41 Å². The number of amides is 1. The number of carbonyl (C=O) groups is 1. The Morgan fingerprint density at radius 3 is 2.66 bits per heavy atom. The molecule has 2 aliphatic heterocycles. The number of hydrogen-bond acceptors (Lipinski definition) is 7. The molecule has 0 bridgehead atoms. The van der Waals surface area contributed by atoms with Crippen molar-refractivity contribution in [2.75, 3.05) is 30.4 Å². The van der Waals surface area contributed by atoms with Gasteiger partial charge in [-0.15, -0.1) is 0 Å². The van der Waals surface area contributed by atoms with Crippen LogP contribution in [0.25, 0.3) is 11.2 Å². The van der Waals surface area contributed by atoms with Crippen LogP contribution in [0.15, 0.2) is 35.4 Å². The molecule has 5 rings (SSSR count). The number of anilines is 2. The van der Waals surface area contributed by atoms with Crippen LogP contribution in [0.1, 0.15) is 18.4 Å². The van der Waals surface area contributed by atoms with Crippen LogP contribution in [0.5, 0.6) is 5.88 Å². The number of nitrogens with zero attached hydrogens (tertiary/aromatic N) is 5. The van der Waals surface area contributed by atoms with Gasteiger partial charge in [-0.05, 0) is 24.5 Å². The average molecular weight is 392 g/mol. The maximum atomic E-state index is 12.8. The molecule has 1 fully saturated rings. The fraction of sp³-hybridized carbons (Fsp3) is 0.350. The van der Waals surface area contributed by atoms with E-state index in [1.54, 1.807) is 7.05 Å². The van der Waals surface area contributed by atoms with E-state index in [-0.39, 0.29) is 17.3 Å². The number of carbonyl (C=O) groups excluding carboxylic acids is 1. The molecule has 1 N–H and O–H groups in total. The van der Waals surface area contributed by atoms with E-state index >= 15 is 0 Å². The summed E-state index contributed by atoms with van der Waals surface area (Å²) in [6.45, 7) is 1.28. The molecule has 148 valence electrons. The fourth-order valence-electron chi connectivity index (χ4n) is 4.43. The number of para-hydroxylation sites is 1. The molecule has 0 atom stereocenters. The number of rotatable bonds is 2. The van der Waals surface area contributed by atoms with Crippen LogP contribution >= 0.6 is 0 Å². The second-order valence-electron chi connectivity index (χ2n) is 7.42. The Morgan fingerprint density at radius 1 is 1.14 bits per heavy atom. The number of fused-ring (bicyclic) bond motifs is 3. The Labute approximate surface area is 166 Å². The van der Waals surface area contributed by atoms with Crippen molar-refractivity contribution in [3.8, 4) is 5.88 Å². The Kier molecular flexibility index (Phi) is 3.80. The Hall–Kier alpha value is -3.49. The van der Waals surface area contributed by atoms with Gasteiger partial charge in [0.2, 0.25) is 5.91 Å². The van der Waals surface area contributed by atoms with Gasteiger partial charge in [0.25, 0.3) is 5.88 Å². The first-order valence-electron chi connectivity index (χ1n) is 9.47. The van der Waals surface area contributed by atoms with Crippen molar-refractivity contribution in [2.45, 2.75) is 18.3 Å². The second-order valence-corrected chi connectivity index (χ2v) is 7.42. The van der Waals surface area contributed by atoms with Gasteiger partial charge in [0.05, 0.1) is 12.5 Å². The van der Waals surface area contributed by atoms with Crippen molar-refractivity contribution >= 4 is 28.6 Å². The van der Waals surface area contributed by atoms with Gasteiger partial charge < -0.3 is 15.0 Å². The van der Waals surface area contributed by atoms with Crippen LogP contribution in [-0.4, -0.2) is 45.6 Å². The molecule has 1 amide bonds. The fourth-order valence-corrected chi connectivity index (χ4v) is 4.43. The number of piperidine rings is 1. The summed E-state index contributed by atoms with van der Waals surface area (Å²) in [6, 6.07) is 7.89. The minimum absolute atomic E-state index is 0.00799. The zero-order valence-corrected chi connectivity index (χ0v) is 16.2. The molecule has 2 aromatic heterocycles. The van der Waals surface area contributed by atoms with Crippen molar-refractivity contribution in [3.63, 3.8) is 0 Å². The summed E-state index contributed by atoms with van der Waals surface area (Å²) in [5.41, 5.74) is 2.08. The molecule has 0 radical (unpaired) electrons. The molecule has 29 heavy (non-hydrogen) atoms. The molecule has 1 saturated heterocycles. The molecule has 9 nitrogen and oxygen atoms in total. The topological polar surface area (TPSA) is 102 Å². The number of methoxy groups -OCH3 is 1. The van der Waals surface area contributed by atoms with Crippen molar-refractivity contribution in [1.82, 2.24) is 19.5 Å². The monoisotopic (exact) mass is 392 g/mol. The minimum Gasteiger partial charge on any atom is -0.477 e. The molecule has 9 heteroatoms. The number of aromatic nitrogens is 4. The number of hydrogen-bond donors (Lipinski definition) is 1. The van der Waals surface area contributed by atoms with Gasteiger partial charge in [-0.2, -0.15) is 0 Å². The van der Waals surface area contributed by atoms with Crippen molar-refractivity contribution < 1.29 is 9.53 Å². The number of ether oxygens (including phenoxy) is 1. The molecule has 2 aliphatic rings. The van der Waals surface area contributed by atoms with E-state index in [2.05, 4.69) is 25.2 Å². The predicted octanol–water partition coefficient (Wildman–Crippen LogP) is 1.22. The molecular weight excluding hydrogens is 372 g/mol. The molecule has 4 heterocycles. The zero-order valence-electron chi connectivity index (χ0n) is 16.2. The van der Waals surface area contributed by atoms with Gasteiger partial charge in [0.15, 0.2) is 17.0 Å². The standard InChI is InChI=1S/C20H20N6O3/c1-25-15-14(24-17(29-2)18(25)27)16(22-11-21-15)26-9-7-20(8-10-26)12-5-3-4-6-13(12)23-19(20)28/h3-6,11H,7-10H2,1-2H3,(H,23,28).